The van der Waals surface area contributed by atoms with E-state index in [9.17, 15) is 27.6 Å². The van der Waals surface area contributed by atoms with Crippen LogP contribution < -0.4 is 25.8 Å². The minimum absolute atomic E-state index is 0.101. The molecule has 1 fully saturated rings. The second-order valence-corrected chi connectivity index (χ2v) is 12.0. The van der Waals surface area contributed by atoms with Crippen molar-refractivity contribution in [1.82, 2.24) is 9.88 Å². The quantitative estimate of drug-likeness (QED) is 0.140. The van der Waals surface area contributed by atoms with Crippen LogP contribution in [0.25, 0.3) is 10.8 Å². The third kappa shape index (κ3) is 8.54. The highest BCUT2D eigenvalue weighted by atomic mass is 19.4. The highest BCUT2D eigenvalue weighted by Crippen LogP contribution is 2.38. The lowest BCUT2D eigenvalue weighted by molar-refractivity contribution is -0.199. The number of likely N-dealkylation sites (tertiary alicyclic amines) is 1. The number of benzene rings is 3. The number of hydrogen-bond acceptors (Lipinski definition) is 9. The molecular formula is C36H38F3N5O6. The standard InChI is InChI=1S/C36H38F3N5O6/c1-4-48-30-19-24(10-13-29(30)50-21(2)3)32(43-26-11-12-27-22(17-26)14-15-41-33(27)40)34(46)44-16-6-9-28(44)23-7-5-8-25(18-23)42-31(45)20-49-35(47)36(37,38)39/h5,7-8,10-15,17-19,21,28,32,43H,4,6,9,16,20H2,1-3H3,(H2,40,41)(H,42,45)/t28-,32-/m1/s1. The number of nitrogens with zero attached hydrogens (tertiary/aromatic N) is 2. The SMILES string of the molecule is CCOc1cc([C@@H](Nc2ccc3c(N)nccc3c2)C(=O)N2CCC[C@@H]2c2cccc(NC(=O)COC(=O)C(F)(F)F)c2)ccc1OC(C)C. The van der Waals surface area contributed by atoms with Crippen molar-refractivity contribution in [3.63, 3.8) is 0 Å². The van der Waals surface area contributed by atoms with E-state index in [-0.39, 0.29) is 23.7 Å². The number of anilines is 3. The molecule has 2 atom stereocenters. The summed E-state index contributed by atoms with van der Waals surface area (Å²) in [5.74, 6) is -2.16. The molecule has 264 valence electrons. The molecule has 0 unspecified atom stereocenters. The van der Waals surface area contributed by atoms with Crippen molar-refractivity contribution < 1.29 is 41.8 Å². The van der Waals surface area contributed by atoms with Crippen LogP contribution in [0.2, 0.25) is 0 Å². The van der Waals surface area contributed by atoms with Gasteiger partial charge in [-0.2, -0.15) is 13.2 Å². The zero-order valence-electron chi connectivity index (χ0n) is 27.8. The summed E-state index contributed by atoms with van der Waals surface area (Å²) >= 11 is 0. The average Bonchev–Trinajstić information content (AvgIpc) is 3.57. The lowest BCUT2D eigenvalue weighted by atomic mass is 10.0. The third-order valence-electron chi connectivity index (χ3n) is 7.97. The topological polar surface area (TPSA) is 145 Å². The number of rotatable bonds is 12. The number of pyridine rings is 1. The summed E-state index contributed by atoms with van der Waals surface area (Å²) in [6.45, 7) is 5.43. The van der Waals surface area contributed by atoms with E-state index < -0.39 is 30.7 Å². The summed E-state index contributed by atoms with van der Waals surface area (Å²) in [6.07, 6.45) is -2.35. The number of nitrogens with one attached hydrogen (secondary N) is 2. The first-order valence-electron chi connectivity index (χ1n) is 16.1. The number of hydrogen-bond donors (Lipinski definition) is 3. The molecule has 4 aromatic rings. The number of esters is 1. The van der Waals surface area contributed by atoms with E-state index in [0.29, 0.717) is 60.1 Å². The largest absolute Gasteiger partial charge is 0.490 e. The number of carbonyl (C=O) groups excluding carboxylic acids is 3. The van der Waals surface area contributed by atoms with E-state index in [4.69, 9.17) is 15.2 Å². The third-order valence-corrected chi connectivity index (χ3v) is 7.97. The van der Waals surface area contributed by atoms with Crippen molar-refractivity contribution >= 4 is 45.7 Å². The molecule has 0 spiro atoms. The first-order valence-corrected chi connectivity index (χ1v) is 16.1. The molecular weight excluding hydrogens is 655 g/mol. The molecule has 0 aliphatic carbocycles. The van der Waals surface area contributed by atoms with E-state index >= 15 is 0 Å². The number of amides is 2. The van der Waals surface area contributed by atoms with E-state index in [0.717, 1.165) is 10.8 Å². The fourth-order valence-corrected chi connectivity index (χ4v) is 5.85. The molecule has 50 heavy (non-hydrogen) atoms. The van der Waals surface area contributed by atoms with Gasteiger partial charge in [-0.1, -0.05) is 18.2 Å². The molecule has 3 aromatic carbocycles. The summed E-state index contributed by atoms with van der Waals surface area (Å²) in [6, 6.07) is 18.3. The van der Waals surface area contributed by atoms with Crippen LogP contribution in [0.3, 0.4) is 0 Å². The predicted octanol–water partition coefficient (Wildman–Crippen LogP) is 6.56. The monoisotopic (exact) mass is 693 g/mol. The Bertz CT molecular complexity index is 1870. The highest BCUT2D eigenvalue weighted by molar-refractivity contribution is 5.95. The Hall–Kier alpha value is -5.53. The maximum Gasteiger partial charge on any atom is 0.490 e. The number of nitrogens with two attached hydrogens (primary N) is 1. The highest BCUT2D eigenvalue weighted by Gasteiger charge is 2.41. The van der Waals surface area contributed by atoms with Gasteiger partial charge in [0.15, 0.2) is 18.1 Å². The van der Waals surface area contributed by atoms with Crippen LogP contribution in [0.1, 0.15) is 56.8 Å². The zero-order valence-corrected chi connectivity index (χ0v) is 27.8. The lowest BCUT2D eigenvalue weighted by Crippen LogP contribution is -2.37. The van der Waals surface area contributed by atoms with Crippen LogP contribution in [-0.4, -0.2) is 59.7 Å². The van der Waals surface area contributed by atoms with Gasteiger partial charge in [-0.15, -0.1) is 0 Å². The minimum Gasteiger partial charge on any atom is -0.490 e. The van der Waals surface area contributed by atoms with Gasteiger partial charge in [-0.25, -0.2) is 9.78 Å². The van der Waals surface area contributed by atoms with Gasteiger partial charge in [0.2, 0.25) is 5.91 Å². The molecule has 1 aromatic heterocycles. The predicted molar refractivity (Wildman–Crippen MR) is 182 cm³/mol. The lowest BCUT2D eigenvalue weighted by Gasteiger charge is -2.31. The molecule has 2 heterocycles. The van der Waals surface area contributed by atoms with Crippen molar-refractivity contribution in [2.75, 3.05) is 36.1 Å². The number of nitrogen functional groups attached to an aromatic ring is 1. The van der Waals surface area contributed by atoms with E-state index in [2.05, 4.69) is 20.4 Å². The summed E-state index contributed by atoms with van der Waals surface area (Å²) in [5, 5.41) is 7.50. The number of aromatic nitrogens is 1. The Balaban J connectivity index is 1.44. The van der Waals surface area contributed by atoms with Gasteiger partial charge in [-0.3, -0.25) is 9.59 Å². The van der Waals surface area contributed by atoms with Crippen molar-refractivity contribution in [3.05, 3.63) is 84.1 Å². The van der Waals surface area contributed by atoms with Gasteiger partial charge < -0.3 is 35.5 Å². The Morgan fingerprint density at radius 2 is 1.82 bits per heavy atom. The van der Waals surface area contributed by atoms with Crippen molar-refractivity contribution in [1.29, 1.82) is 0 Å². The minimum atomic E-state index is -5.21. The van der Waals surface area contributed by atoms with Crippen LogP contribution >= 0.6 is 0 Å². The van der Waals surface area contributed by atoms with E-state index in [1.165, 1.54) is 0 Å². The number of halogens is 3. The van der Waals surface area contributed by atoms with Crippen molar-refractivity contribution in [2.45, 2.75) is 58.0 Å². The van der Waals surface area contributed by atoms with Crippen LogP contribution in [0.15, 0.2) is 72.9 Å². The molecule has 11 nitrogen and oxygen atoms in total. The van der Waals surface area contributed by atoms with Crippen LogP contribution in [0.5, 0.6) is 11.5 Å². The van der Waals surface area contributed by atoms with Gasteiger partial charge in [-0.05, 0) is 98.7 Å². The summed E-state index contributed by atoms with van der Waals surface area (Å²) in [4.78, 5) is 43.8. The molecule has 1 aliphatic heterocycles. The Kier molecular flexibility index (Phi) is 11.0. The zero-order chi connectivity index (χ0) is 36.0. The van der Waals surface area contributed by atoms with E-state index in [1.54, 1.807) is 41.4 Å². The summed E-state index contributed by atoms with van der Waals surface area (Å²) < 4.78 is 53.4. The summed E-state index contributed by atoms with van der Waals surface area (Å²) in [7, 11) is 0. The van der Waals surface area contributed by atoms with Gasteiger partial charge in [0.05, 0.1) is 18.8 Å². The molecule has 14 heteroatoms. The molecule has 4 N–H and O–H groups in total. The van der Waals surface area contributed by atoms with Gasteiger partial charge in [0.25, 0.3) is 5.91 Å². The number of alkyl halides is 3. The van der Waals surface area contributed by atoms with Crippen LogP contribution in [-0.2, 0) is 19.1 Å². The maximum absolute atomic E-state index is 14.6. The second kappa shape index (κ2) is 15.3. The Morgan fingerprint density at radius 1 is 1.02 bits per heavy atom. The molecule has 2 amide bonds. The van der Waals surface area contributed by atoms with Crippen LogP contribution in [0, 0.1) is 0 Å². The average molecular weight is 694 g/mol. The van der Waals surface area contributed by atoms with Gasteiger partial charge in [0.1, 0.15) is 11.9 Å². The molecule has 1 aliphatic rings. The molecule has 5 rings (SSSR count). The van der Waals surface area contributed by atoms with Gasteiger partial charge in [0, 0.05) is 29.5 Å². The first-order chi connectivity index (χ1) is 23.8. The fraction of sp³-hybridized carbons (Fsp3) is 0.333. The number of ether oxygens (including phenoxy) is 3. The Labute approximate surface area is 286 Å². The smallest absolute Gasteiger partial charge is 0.490 e. The molecule has 0 saturated carbocycles. The normalized spacial score (nSPS) is 15.1. The first kappa shape index (κ1) is 35.8. The maximum atomic E-state index is 14.6. The van der Waals surface area contributed by atoms with Crippen molar-refractivity contribution in [2.24, 2.45) is 0 Å². The van der Waals surface area contributed by atoms with Crippen molar-refractivity contribution in [3.8, 4) is 11.5 Å². The Morgan fingerprint density at radius 3 is 2.56 bits per heavy atom. The molecule has 0 bridgehead atoms. The van der Waals surface area contributed by atoms with E-state index in [1.807, 2.05) is 57.2 Å². The molecule has 1 saturated heterocycles. The summed E-state index contributed by atoms with van der Waals surface area (Å²) in [5.41, 5.74) is 8.38. The fourth-order valence-electron chi connectivity index (χ4n) is 5.85. The van der Waals surface area contributed by atoms with Gasteiger partial charge >= 0.3 is 12.1 Å². The number of carbonyl (C=O) groups is 3. The number of fused-ring (bicyclic) bond motifs is 1. The van der Waals surface area contributed by atoms with Crippen LogP contribution in [0.4, 0.5) is 30.4 Å². The second-order valence-electron chi connectivity index (χ2n) is 12.0. The molecule has 0 radical (unpaired) electrons.